The summed E-state index contributed by atoms with van der Waals surface area (Å²) >= 11 is 2.09. The van der Waals surface area contributed by atoms with Gasteiger partial charge in [0, 0.05) is 0 Å². The van der Waals surface area contributed by atoms with Gasteiger partial charge in [0.05, 0.1) is 0 Å². The first-order chi connectivity index (χ1) is 7.72. The zero-order valence-corrected chi connectivity index (χ0v) is 13.3. The van der Waals surface area contributed by atoms with Gasteiger partial charge in [-0.2, -0.15) is 0 Å². The molecule has 0 heterocycles. The van der Waals surface area contributed by atoms with Gasteiger partial charge in [0.1, 0.15) is 15.6 Å². The molecule has 0 spiro atoms. The number of esters is 1. The molecular formula is C13H23IO3. The molecule has 0 radical (unpaired) electrons. The van der Waals surface area contributed by atoms with Crippen LogP contribution in [0.4, 0.5) is 0 Å². The molecule has 0 amide bonds. The lowest BCUT2D eigenvalue weighted by atomic mass is 9.74. The summed E-state index contributed by atoms with van der Waals surface area (Å²) in [4.78, 5) is 11.8. The van der Waals surface area contributed by atoms with Crippen LogP contribution < -0.4 is 0 Å². The molecule has 100 valence electrons. The van der Waals surface area contributed by atoms with Crippen molar-refractivity contribution in [3.63, 3.8) is 0 Å². The van der Waals surface area contributed by atoms with Crippen molar-refractivity contribution in [2.45, 2.75) is 69.0 Å². The van der Waals surface area contributed by atoms with Crippen LogP contribution in [0, 0.1) is 5.41 Å². The topological polar surface area (TPSA) is 46.5 Å². The molecule has 3 unspecified atom stereocenters. The summed E-state index contributed by atoms with van der Waals surface area (Å²) < 4.78 is 5.40. The van der Waals surface area contributed by atoms with Crippen molar-refractivity contribution in [2.75, 3.05) is 0 Å². The summed E-state index contributed by atoms with van der Waals surface area (Å²) in [6, 6.07) is 0. The SMILES string of the molecule is CCC(I)C(=O)OC1CCCC1(O)C(C)(C)C. The van der Waals surface area contributed by atoms with E-state index in [1.165, 1.54) is 0 Å². The third-order valence-corrected chi connectivity index (χ3v) is 5.12. The van der Waals surface area contributed by atoms with E-state index in [9.17, 15) is 9.90 Å². The van der Waals surface area contributed by atoms with Gasteiger partial charge in [0.15, 0.2) is 0 Å². The lowest BCUT2D eigenvalue weighted by Crippen LogP contribution is -2.51. The van der Waals surface area contributed by atoms with E-state index in [0.717, 1.165) is 19.3 Å². The Morgan fingerprint density at radius 2 is 2.18 bits per heavy atom. The fourth-order valence-electron chi connectivity index (χ4n) is 2.35. The zero-order chi connectivity index (χ0) is 13.3. The summed E-state index contributed by atoms with van der Waals surface area (Å²) in [6.07, 6.45) is 2.82. The molecule has 1 saturated carbocycles. The molecule has 1 rings (SSSR count). The number of hydrogen-bond acceptors (Lipinski definition) is 3. The Morgan fingerprint density at radius 1 is 1.59 bits per heavy atom. The molecule has 0 aromatic carbocycles. The first-order valence-corrected chi connectivity index (χ1v) is 7.54. The summed E-state index contributed by atoms with van der Waals surface area (Å²) in [6.45, 7) is 7.96. The molecule has 3 atom stereocenters. The van der Waals surface area contributed by atoms with E-state index in [1.54, 1.807) is 0 Å². The lowest BCUT2D eigenvalue weighted by molar-refractivity contribution is -0.174. The highest BCUT2D eigenvalue weighted by Crippen LogP contribution is 2.45. The molecule has 1 aliphatic carbocycles. The quantitative estimate of drug-likeness (QED) is 0.481. The van der Waals surface area contributed by atoms with Gasteiger partial charge in [-0.3, -0.25) is 4.79 Å². The van der Waals surface area contributed by atoms with Gasteiger partial charge in [0.2, 0.25) is 0 Å². The molecule has 0 saturated heterocycles. The summed E-state index contributed by atoms with van der Waals surface area (Å²) in [5.41, 5.74) is -1.14. The van der Waals surface area contributed by atoms with Crippen LogP contribution in [-0.2, 0) is 9.53 Å². The van der Waals surface area contributed by atoms with Crippen LogP contribution >= 0.6 is 22.6 Å². The number of rotatable bonds is 3. The molecule has 0 bridgehead atoms. The molecular weight excluding hydrogens is 331 g/mol. The number of halogens is 1. The Kier molecular flexibility index (Phi) is 4.86. The molecule has 0 aliphatic heterocycles. The minimum absolute atomic E-state index is 0.114. The van der Waals surface area contributed by atoms with E-state index in [2.05, 4.69) is 22.6 Å². The second-order valence-electron chi connectivity index (χ2n) is 5.87. The van der Waals surface area contributed by atoms with Crippen molar-refractivity contribution in [1.29, 1.82) is 0 Å². The molecule has 4 heteroatoms. The first kappa shape index (κ1) is 15.2. The van der Waals surface area contributed by atoms with Crippen LogP contribution in [0.15, 0.2) is 0 Å². The van der Waals surface area contributed by atoms with Gasteiger partial charge in [0.25, 0.3) is 0 Å². The number of carbonyl (C=O) groups excluding carboxylic acids is 1. The fraction of sp³-hybridized carbons (Fsp3) is 0.923. The predicted molar refractivity (Wildman–Crippen MR) is 76.2 cm³/mol. The van der Waals surface area contributed by atoms with E-state index in [4.69, 9.17) is 4.74 Å². The lowest BCUT2D eigenvalue weighted by Gasteiger charge is -2.41. The molecule has 1 aliphatic rings. The van der Waals surface area contributed by atoms with E-state index in [1.807, 2.05) is 27.7 Å². The summed E-state index contributed by atoms with van der Waals surface area (Å²) in [5, 5.41) is 10.7. The second-order valence-corrected chi connectivity index (χ2v) is 7.37. The number of hydrogen-bond donors (Lipinski definition) is 1. The highest BCUT2D eigenvalue weighted by molar-refractivity contribution is 14.1. The maximum atomic E-state index is 11.8. The molecule has 3 nitrogen and oxygen atoms in total. The van der Waals surface area contributed by atoms with E-state index in [0.29, 0.717) is 6.42 Å². The number of ether oxygens (including phenoxy) is 1. The highest BCUT2D eigenvalue weighted by atomic mass is 127. The van der Waals surface area contributed by atoms with Crippen LogP contribution in [0.25, 0.3) is 0 Å². The van der Waals surface area contributed by atoms with Crippen molar-refractivity contribution in [3.8, 4) is 0 Å². The molecule has 17 heavy (non-hydrogen) atoms. The number of alkyl halides is 1. The Morgan fingerprint density at radius 3 is 2.65 bits per heavy atom. The maximum Gasteiger partial charge on any atom is 0.319 e. The largest absolute Gasteiger partial charge is 0.459 e. The van der Waals surface area contributed by atoms with Gasteiger partial charge in [-0.1, -0.05) is 50.3 Å². The third kappa shape index (κ3) is 3.13. The van der Waals surface area contributed by atoms with Gasteiger partial charge < -0.3 is 9.84 Å². The van der Waals surface area contributed by atoms with Crippen molar-refractivity contribution < 1.29 is 14.6 Å². The second kappa shape index (κ2) is 5.43. The first-order valence-electron chi connectivity index (χ1n) is 6.29. The molecule has 0 aromatic heterocycles. The van der Waals surface area contributed by atoms with Crippen LogP contribution in [0.3, 0.4) is 0 Å². The molecule has 1 N–H and O–H groups in total. The van der Waals surface area contributed by atoms with Crippen LogP contribution in [0.2, 0.25) is 0 Å². The van der Waals surface area contributed by atoms with Gasteiger partial charge in [-0.15, -0.1) is 0 Å². The van der Waals surface area contributed by atoms with Crippen LogP contribution in [0.5, 0.6) is 0 Å². The van der Waals surface area contributed by atoms with Crippen molar-refractivity contribution in [1.82, 2.24) is 0 Å². The average Bonchev–Trinajstić information content (AvgIpc) is 2.59. The van der Waals surface area contributed by atoms with Crippen molar-refractivity contribution in [3.05, 3.63) is 0 Å². The maximum absolute atomic E-state index is 11.8. The average molecular weight is 354 g/mol. The monoisotopic (exact) mass is 354 g/mol. The minimum Gasteiger partial charge on any atom is -0.459 e. The van der Waals surface area contributed by atoms with Gasteiger partial charge >= 0.3 is 5.97 Å². The summed E-state index contributed by atoms with van der Waals surface area (Å²) in [5.74, 6) is -0.192. The number of aliphatic hydroxyl groups is 1. The predicted octanol–water partition coefficient (Wildman–Crippen LogP) is 3.07. The zero-order valence-electron chi connectivity index (χ0n) is 11.1. The van der Waals surface area contributed by atoms with Crippen LogP contribution in [-0.4, -0.2) is 26.7 Å². The highest BCUT2D eigenvalue weighted by Gasteiger charge is 2.51. The van der Waals surface area contributed by atoms with E-state index in [-0.39, 0.29) is 21.4 Å². The number of carbonyl (C=O) groups is 1. The standard InChI is InChI=1S/C13H23IO3/c1-5-9(14)11(15)17-10-7-6-8-13(10,16)12(2,3)4/h9-10,16H,5-8H2,1-4H3. The van der Waals surface area contributed by atoms with E-state index < -0.39 is 5.60 Å². The normalized spacial score (nSPS) is 31.3. The Labute approximate surface area is 117 Å². The molecule has 1 fully saturated rings. The van der Waals surface area contributed by atoms with Gasteiger partial charge in [-0.25, -0.2) is 0 Å². The van der Waals surface area contributed by atoms with E-state index >= 15 is 0 Å². The fourth-order valence-corrected chi connectivity index (χ4v) is 2.50. The van der Waals surface area contributed by atoms with Gasteiger partial charge in [-0.05, 0) is 31.1 Å². The Balaban J connectivity index is 2.74. The summed E-state index contributed by atoms with van der Waals surface area (Å²) in [7, 11) is 0. The molecule has 0 aromatic rings. The minimum atomic E-state index is -0.882. The smallest absolute Gasteiger partial charge is 0.319 e. The Bertz CT molecular complexity index is 285. The van der Waals surface area contributed by atoms with Crippen LogP contribution in [0.1, 0.15) is 53.4 Å². The van der Waals surface area contributed by atoms with Crippen molar-refractivity contribution in [2.24, 2.45) is 5.41 Å². The third-order valence-electron chi connectivity index (χ3n) is 3.73. The Hall–Kier alpha value is 0.160. The van der Waals surface area contributed by atoms with Crippen molar-refractivity contribution >= 4 is 28.6 Å².